The highest BCUT2D eigenvalue weighted by Crippen LogP contribution is 2.16. The zero-order valence-corrected chi connectivity index (χ0v) is 9.74. The van der Waals surface area contributed by atoms with Crippen molar-refractivity contribution in [3.63, 3.8) is 0 Å². The number of carbonyl (C=O) groups excluding carboxylic acids is 1. The van der Waals surface area contributed by atoms with Gasteiger partial charge in [0.2, 0.25) is 0 Å². The van der Waals surface area contributed by atoms with Gasteiger partial charge in [-0.15, -0.1) is 0 Å². The maximum absolute atomic E-state index is 11.8. The average molecular weight is 230 g/mol. The molecular formula is C12H14N4O. The lowest BCUT2D eigenvalue weighted by Crippen LogP contribution is -2.36. The molecule has 17 heavy (non-hydrogen) atoms. The van der Waals surface area contributed by atoms with Crippen molar-refractivity contribution in [2.24, 2.45) is 10.7 Å². The summed E-state index contributed by atoms with van der Waals surface area (Å²) in [4.78, 5) is 18.5. The summed E-state index contributed by atoms with van der Waals surface area (Å²) < 4.78 is 0. The van der Waals surface area contributed by atoms with E-state index in [1.807, 2.05) is 25.1 Å². The van der Waals surface area contributed by atoms with Gasteiger partial charge in [0, 0.05) is 18.0 Å². The molecule has 0 saturated heterocycles. The third-order valence-corrected chi connectivity index (χ3v) is 2.50. The number of hydrogen-bond acceptors (Lipinski definition) is 2. The van der Waals surface area contributed by atoms with E-state index >= 15 is 0 Å². The summed E-state index contributed by atoms with van der Waals surface area (Å²) >= 11 is 0. The number of aromatic amines is 1. The molecule has 2 aromatic rings. The number of carbonyl (C=O) groups is 1. The SMILES string of the molecule is CN=C(N)NC(=O)c1cc2cc(C)ccc2[nH]1. The monoisotopic (exact) mass is 230 g/mol. The predicted octanol–water partition coefficient (Wildman–Crippen LogP) is 1.15. The molecule has 0 spiro atoms. The van der Waals surface area contributed by atoms with Crippen LogP contribution in [0, 0.1) is 6.92 Å². The van der Waals surface area contributed by atoms with Crippen molar-refractivity contribution in [3.8, 4) is 0 Å². The van der Waals surface area contributed by atoms with Gasteiger partial charge in [0.15, 0.2) is 5.96 Å². The Kier molecular flexibility index (Phi) is 2.82. The summed E-state index contributed by atoms with van der Waals surface area (Å²) in [5, 5.41) is 3.48. The number of H-pyrrole nitrogens is 1. The fourth-order valence-electron chi connectivity index (χ4n) is 1.61. The van der Waals surface area contributed by atoms with Gasteiger partial charge < -0.3 is 10.7 Å². The molecule has 0 aliphatic carbocycles. The van der Waals surface area contributed by atoms with E-state index < -0.39 is 0 Å². The smallest absolute Gasteiger partial charge is 0.274 e. The summed E-state index contributed by atoms with van der Waals surface area (Å²) in [7, 11) is 1.52. The highest BCUT2D eigenvalue weighted by molar-refractivity contribution is 6.06. The Hall–Kier alpha value is -2.30. The van der Waals surface area contributed by atoms with Gasteiger partial charge in [-0.05, 0) is 25.1 Å². The first-order valence-corrected chi connectivity index (χ1v) is 5.23. The number of guanidine groups is 1. The number of nitrogens with one attached hydrogen (secondary N) is 2. The molecule has 0 bridgehead atoms. The molecule has 1 aromatic heterocycles. The van der Waals surface area contributed by atoms with E-state index in [1.165, 1.54) is 7.05 Å². The number of amides is 1. The summed E-state index contributed by atoms with van der Waals surface area (Å²) in [6.07, 6.45) is 0. The second-order valence-electron chi connectivity index (χ2n) is 3.84. The van der Waals surface area contributed by atoms with E-state index in [0.717, 1.165) is 16.5 Å². The van der Waals surface area contributed by atoms with E-state index in [0.29, 0.717) is 5.69 Å². The number of hydrogen-bond donors (Lipinski definition) is 3. The Bertz CT molecular complexity index is 598. The maximum atomic E-state index is 11.8. The molecule has 0 saturated carbocycles. The van der Waals surface area contributed by atoms with Gasteiger partial charge in [0.1, 0.15) is 5.69 Å². The number of nitrogens with two attached hydrogens (primary N) is 1. The summed E-state index contributed by atoms with van der Waals surface area (Å²) in [5.74, 6) is -0.188. The molecule has 4 N–H and O–H groups in total. The van der Waals surface area contributed by atoms with Crippen molar-refractivity contribution in [2.45, 2.75) is 6.92 Å². The fourth-order valence-corrected chi connectivity index (χ4v) is 1.61. The lowest BCUT2D eigenvalue weighted by atomic mass is 10.2. The van der Waals surface area contributed by atoms with Gasteiger partial charge in [0.25, 0.3) is 5.91 Å². The normalized spacial score (nSPS) is 11.8. The minimum atomic E-state index is -0.290. The number of aliphatic imine (C=N–C) groups is 1. The quantitative estimate of drug-likeness (QED) is 0.507. The topological polar surface area (TPSA) is 83.3 Å². The van der Waals surface area contributed by atoms with Gasteiger partial charge in [-0.3, -0.25) is 15.1 Å². The van der Waals surface area contributed by atoms with Crippen LogP contribution in [-0.4, -0.2) is 23.9 Å². The maximum Gasteiger partial charge on any atom is 0.274 e. The number of rotatable bonds is 1. The van der Waals surface area contributed by atoms with E-state index in [2.05, 4.69) is 15.3 Å². The Morgan fingerprint density at radius 3 is 2.88 bits per heavy atom. The van der Waals surface area contributed by atoms with Crippen molar-refractivity contribution < 1.29 is 4.79 Å². The van der Waals surface area contributed by atoms with Crippen molar-refractivity contribution in [3.05, 3.63) is 35.5 Å². The first-order valence-electron chi connectivity index (χ1n) is 5.23. The highest BCUT2D eigenvalue weighted by Gasteiger charge is 2.09. The van der Waals surface area contributed by atoms with Crippen molar-refractivity contribution in [1.29, 1.82) is 0 Å². The Labute approximate surface area is 98.7 Å². The van der Waals surface area contributed by atoms with E-state index in [9.17, 15) is 4.79 Å². The van der Waals surface area contributed by atoms with Gasteiger partial charge in [-0.1, -0.05) is 11.6 Å². The van der Waals surface area contributed by atoms with Crippen LogP contribution in [0.1, 0.15) is 16.1 Å². The average Bonchev–Trinajstić information content (AvgIpc) is 2.71. The zero-order valence-electron chi connectivity index (χ0n) is 9.74. The molecule has 0 unspecified atom stereocenters. The predicted molar refractivity (Wildman–Crippen MR) is 68.0 cm³/mol. The standard InChI is InChI=1S/C12H14N4O/c1-7-3-4-9-8(5-7)6-10(15-9)11(17)16-12(13)14-2/h3-6,15H,1-2H3,(H3,13,14,16,17). The van der Waals surface area contributed by atoms with Crippen LogP contribution in [0.4, 0.5) is 0 Å². The van der Waals surface area contributed by atoms with Crippen LogP contribution in [0.15, 0.2) is 29.3 Å². The fraction of sp³-hybridized carbons (Fsp3) is 0.167. The van der Waals surface area contributed by atoms with Crippen LogP contribution >= 0.6 is 0 Å². The third kappa shape index (κ3) is 2.28. The van der Waals surface area contributed by atoms with Crippen LogP contribution in [0.2, 0.25) is 0 Å². The number of aryl methyl sites for hydroxylation is 1. The van der Waals surface area contributed by atoms with Crippen LogP contribution in [0.3, 0.4) is 0 Å². The molecule has 88 valence electrons. The van der Waals surface area contributed by atoms with Gasteiger partial charge in [-0.25, -0.2) is 0 Å². The lowest BCUT2D eigenvalue weighted by Gasteiger charge is -2.00. The van der Waals surface area contributed by atoms with Gasteiger partial charge >= 0.3 is 0 Å². The first kappa shape index (κ1) is 11.2. The second kappa shape index (κ2) is 4.29. The van der Waals surface area contributed by atoms with E-state index in [4.69, 9.17) is 5.73 Å². The van der Waals surface area contributed by atoms with E-state index in [-0.39, 0.29) is 11.9 Å². The molecule has 1 aromatic carbocycles. The molecule has 0 radical (unpaired) electrons. The second-order valence-corrected chi connectivity index (χ2v) is 3.84. The first-order chi connectivity index (χ1) is 8.10. The summed E-state index contributed by atoms with van der Waals surface area (Å²) in [6, 6.07) is 7.74. The van der Waals surface area contributed by atoms with E-state index in [1.54, 1.807) is 6.07 Å². The minimum Gasteiger partial charge on any atom is -0.370 e. The largest absolute Gasteiger partial charge is 0.370 e. The van der Waals surface area contributed by atoms with Gasteiger partial charge in [0.05, 0.1) is 0 Å². The molecule has 0 fully saturated rings. The van der Waals surface area contributed by atoms with Crippen LogP contribution in [-0.2, 0) is 0 Å². The Morgan fingerprint density at radius 2 is 2.18 bits per heavy atom. The van der Waals surface area contributed by atoms with Gasteiger partial charge in [-0.2, -0.15) is 0 Å². The molecule has 1 amide bonds. The number of aromatic nitrogens is 1. The molecule has 0 aliphatic rings. The van der Waals surface area contributed by atoms with Crippen LogP contribution < -0.4 is 11.1 Å². The zero-order chi connectivity index (χ0) is 12.4. The molecular weight excluding hydrogens is 216 g/mol. The third-order valence-electron chi connectivity index (χ3n) is 2.50. The highest BCUT2D eigenvalue weighted by atomic mass is 16.2. The summed E-state index contributed by atoms with van der Waals surface area (Å²) in [6.45, 7) is 2.01. The molecule has 0 aliphatic heterocycles. The lowest BCUT2D eigenvalue weighted by molar-refractivity contribution is 0.0972. The molecule has 1 heterocycles. The number of benzene rings is 1. The Balaban J connectivity index is 2.33. The molecule has 0 atom stereocenters. The van der Waals surface area contributed by atoms with Crippen LogP contribution in [0.25, 0.3) is 10.9 Å². The number of fused-ring (bicyclic) bond motifs is 1. The molecule has 2 rings (SSSR count). The Morgan fingerprint density at radius 1 is 1.41 bits per heavy atom. The van der Waals surface area contributed by atoms with Crippen molar-refractivity contribution in [2.75, 3.05) is 7.05 Å². The van der Waals surface area contributed by atoms with Crippen LogP contribution in [0.5, 0.6) is 0 Å². The molecule has 5 heteroatoms. The summed E-state index contributed by atoms with van der Waals surface area (Å²) in [5.41, 5.74) is 7.98. The van der Waals surface area contributed by atoms with Crippen molar-refractivity contribution >= 4 is 22.8 Å². The minimum absolute atomic E-state index is 0.102. The number of nitrogens with zero attached hydrogens (tertiary/aromatic N) is 1. The van der Waals surface area contributed by atoms with Crippen molar-refractivity contribution in [1.82, 2.24) is 10.3 Å². The molecule has 5 nitrogen and oxygen atoms in total.